The molecule has 2 heteroatoms. The molecule has 2 N–H and O–H groups in total. The maximum atomic E-state index is 11.0. The average molecular weight is 417 g/mol. The van der Waals surface area contributed by atoms with Crippen molar-refractivity contribution in [3.63, 3.8) is 0 Å². The largest absolute Gasteiger partial charge is 0.393 e. The molecule has 10 atom stereocenters. The van der Waals surface area contributed by atoms with Crippen molar-refractivity contribution in [2.75, 3.05) is 0 Å². The Labute approximate surface area is 185 Å². The maximum Gasteiger partial charge on any atom is 0.0648 e. The zero-order valence-electron chi connectivity index (χ0n) is 20.4. The first-order valence-corrected chi connectivity index (χ1v) is 13.2. The first-order valence-electron chi connectivity index (χ1n) is 13.2. The van der Waals surface area contributed by atoms with Crippen molar-refractivity contribution >= 4 is 0 Å². The Kier molecular flexibility index (Phi) is 6.26. The standard InChI is InChI=1S/C28H48O2/c1-6-8-9-25(29)19(3)22-12-13-23-21-11-10-20-18-28(30,7-2)17-16-26(20,4)24(21)14-15-27(22,23)5/h6,8,19-25,29-30H,7,9-18H2,1-5H3/b8-6+/t19-,20-,21?,22?,23-,24-,25+,26?,27+,28-/m0/s1. The van der Waals surface area contributed by atoms with Gasteiger partial charge in [0, 0.05) is 0 Å². The highest BCUT2D eigenvalue weighted by atomic mass is 16.3. The summed E-state index contributed by atoms with van der Waals surface area (Å²) in [6, 6.07) is 0. The van der Waals surface area contributed by atoms with Crippen molar-refractivity contribution in [1.29, 1.82) is 0 Å². The van der Waals surface area contributed by atoms with Gasteiger partial charge in [-0.1, -0.05) is 39.8 Å². The molecule has 0 amide bonds. The highest BCUT2D eigenvalue weighted by molar-refractivity contribution is 5.11. The SMILES string of the molecule is C/C=C/C[C@@H](O)[C@@H](C)C1CC[C@H]2C3CC[C@H]4C[C@](O)(CC)CCC4(C)[C@H]3CC[C@]12C. The van der Waals surface area contributed by atoms with E-state index in [-0.39, 0.29) is 6.10 Å². The van der Waals surface area contributed by atoms with E-state index in [9.17, 15) is 10.2 Å². The van der Waals surface area contributed by atoms with Gasteiger partial charge in [0.15, 0.2) is 0 Å². The predicted molar refractivity (Wildman–Crippen MR) is 125 cm³/mol. The Morgan fingerprint density at radius 2 is 1.70 bits per heavy atom. The molecule has 0 spiro atoms. The van der Waals surface area contributed by atoms with Crippen LogP contribution in [0.4, 0.5) is 0 Å². The Balaban J connectivity index is 1.51. The average Bonchev–Trinajstić information content (AvgIpc) is 3.09. The number of aliphatic hydroxyl groups excluding tert-OH is 1. The van der Waals surface area contributed by atoms with Crippen LogP contribution in [0.25, 0.3) is 0 Å². The molecule has 0 aromatic carbocycles. The molecule has 0 bridgehead atoms. The molecular weight excluding hydrogens is 368 g/mol. The van der Waals surface area contributed by atoms with Gasteiger partial charge in [-0.3, -0.25) is 0 Å². The maximum absolute atomic E-state index is 11.0. The summed E-state index contributed by atoms with van der Waals surface area (Å²) in [5.41, 5.74) is 0.470. The quantitative estimate of drug-likeness (QED) is 0.487. The first kappa shape index (κ1) is 22.8. The lowest BCUT2D eigenvalue weighted by Gasteiger charge is -2.62. The fourth-order valence-corrected chi connectivity index (χ4v) is 9.31. The van der Waals surface area contributed by atoms with E-state index >= 15 is 0 Å². The van der Waals surface area contributed by atoms with Crippen molar-refractivity contribution in [1.82, 2.24) is 0 Å². The smallest absolute Gasteiger partial charge is 0.0648 e. The van der Waals surface area contributed by atoms with Crippen LogP contribution in [0.1, 0.15) is 105 Å². The van der Waals surface area contributed by atoms with Crippen molar-refractivity contribution < 1.29 is 10.2 Å². The third kappa shape index (κ3) is 3.53. The predicted octanol–water partition coefficient (Wildman–Crippen LogP) is 6.75. The van der Waals surface area contributed by atoms with Crippen LogP contribution in [0, 0.1) is 46.3 Å². The highest BCUT2D eigenvalue weighted by Crippen LogP contribution is 2.69. The molecule has 4 saturated carbocycles. The molecule has 0 saturated heterocycles. The van der Waals surface area contributed by atoms with Crippen LogP contribution in [0.3, 0.4) is 0 Å². The number of rotatable bonds is 5. The van der Waals surface area contributed by atoms with Crippen molar-refractivity contribution in [3.05, 3.63) is 12.2 Å². The van der Waals surface area contributed by atoms with Crippen LogP contribution in [-0.2, 0) is 0 Å². The minimum absolute atomic E-state index is 0.196. The Bertz CT molecular complexity index is 643. The van der Waals surface area contributed by atoms with E-state index in [1.165, 1.54) is 44.9 Å². The van der Waals surface area contributed by atoms with Crippen molar-refractivity contribution in [2.45, 2.75) is 117 Å². The molecule has 2 nitrogen and oxygen atoms in total. The molecule has 4 rings (SSSR count). The summed E-state index contributed by atoms with van der Waals surface area (Å²) >= 11 is 0. The lowest BCUT2D eigenvalue weighted by atomic mass is 9.43. The van der Waals surface area contributed by atoms with E-state index in [0.29, 0.717) is 22.7 Å². The molecule has 0 radical (unpaired) electrons. The van der Waals surface area contributed by atoms with Crippen molar-refractivity contribution in [2.24, 2.45) is 46.3 Å². The molecule has 0 heterocycles. The molecule has 0 aliphatic heterocycles. The normalized spacial score (nSPS) is 50.6. The first-order chi connectivity index (χ1) is 14.2. The molecule has 172 valence electrons. The van der Waals surface area contributed by atoms with E-state index in [4.69, 9.17) is 0 Å². The van der Waals surface area contributed by atoms with Gasteiger partial charge in [-0.05, 0) is 124 Å². The van der Waals surface area contributed by atoms with Crippen LogP contribution >= 0.6 is 0 Å². The summed E-state index contributed by atoms with van der Waals surface area (Å²) < 4.78 is 0. The topological polar surface area (TPSA) is 40.5 Å². The van der Waals surface area contributed by atoms with Gasteiger partial charge >= 0.3 is 0 Å². The summed E-state index contributed by atoms with van der Waals surface area (Å²) in [4.78, 5) is 0. The number of fused-ring (bicyclic) bond motifs is 5. The monoisotopic (exact) mass is 416 g/mol. The fraction of sp³-hybridized carbons (Fsp3) is 0.929. The van der Waals surface area contributed by atoms with Gasteiger partial charge in [-0.25, -0.2) is 0 Å². The van der Waals surface area contributed by atoms with E-state index in [2.05, 4.69) is 46.8 Å². The van der Waals surface area contributed by atoms with Gasteiger partial charge in [-0.15, -0.1) is 0 Å². The van der Waals surface area contributed by atoms with Gasteiger partial charge in [0.1, 0.15) is 0 Å². The van der Waals surface area contributed by atoms with Gasteiger partial charge in [0.25, 0.3) is 0 Å². The molecule has 4 aliphatic rings. The van der Waals surface area contributed by atoms with Crippen LogP contribution in [-0.4, -0.2) is 21.9 Å². The summed E-state index contributed by atoms with van der Waals surface area (Å²) in [6.07, 6.45) is 17.2. The van der Waals surface area contributed by atoms with Crippen LogP contribution in [0.5, 0.6) is 0 Å². The summed E-state index contributed by atoms with van der Waals surface area (Å²) in [5, 5.41) is 21.8. The number of aliphatic hydroxyl groups is 2. The molecule has 3 unspecified atom stereocenters. The van der Waals surface area contributed by atoms with Crippen LogP contribution < -0.4 is 0 Å². The highest BCUT2D eigenvalue weighted by Gasteiger charge is 2.61. The third-order valence-electron chi connectivity index (χ3n) is 11.4. The van der Waals surface area contributed by atoms with Crippen molar-refractivity contribution in [3.8, 4) is 0 Å². The second-order valence-corrected chi connectivity index (χ2v) is 12.4. The number of hydrogen-bond donors (Lipinski definition) is 2. The Hall–Kier alpha value is -0.340. The second kappa shape index (κ2) is 8.22. The van der Waals surface area contributed by atoms with Gasteiger partial charge < -0.3 is 10.2 Å². The molecule has 30 heavy (non-hydrogen) atoms. The minimum Gasteiger partial charge on any atom is -0.393 e. The third-order valence-corrected chi connectivity index (χ3v) is 11.4. The molecule has 4 aliphatic carbocycles. The van der Waals surface area contributed by atoms with Crippen LogP contribution in [0.15, 0.2) is 12.2 Å². The number of allylic oxidation sites excluding steroid dienone is 1. The second-order valence-electron chi connectivity index (χ2n) is 12.4. The summed E-state index contributed by atoms with van der Waals surface area (Å²) in [7, 11) is 0. The molecular formula is C28H48O2. The summed E-state index contributed by atoms with van der Waals surface area (Å²) in [6.45, 7) is 11.7. The van der Waals surface area contributed by atoms with Crippen LogP contribution in [0.2, 0.25) is 0 Å². The van der Waals surface area contributed by atoms with Gasteiger partial charge in [0.05, 0.1) is 11.7 Å². The lowest BCUT2D eigenvalue weighted by molar-refractivity contribution is -0.154. The van der Waals surface area contributed by atoms with E-state index in [1.807, 2.05) is 0 Å². The van der Waals surface area contributed by atoms with Gasteiger partial charge in [-0.2, -0.15) is 0 Å². The Morgan fingerprint density at radius 1 is 0.967 bits per heavy atom. The zero-order valence-corrected chi connectivity index (χ0v) is 20.4. The lowest BCUT2D eigenvalue weighted by Crippen LogP contribution is -2.56. The minimum atomic E-state index is -0.392. The van der Waals surface area contributed by atoms with E-state index < -0.39 is 5.60 Å². The molecule has 0 aromatic heterocycles. The van der Waals surface area contributed by atoms with E-state index in [0.717, 1.165) is 49.4 Å². The van der Waals surface area contributed by atoms with E-state index in [1.54, 1.807) is 0 Å². The van der Waals surface area contributed by atoms with Gasteiger partial charge in [0.2, 0.25) is 0 Å². The number of hydrogen-bond acceptors (Lipinski definition) is 2. The zero-order chi connectivity index (χ0) is 21.7. The summed E-state index contributed by atoms with van der Waals surface area (Å²) in [5.74, 6) is 4.38. The molecule has 4 fully saturated rings. The molecule has 0 aromatic rings. The fourth-order valence-electron chi connectivity index (χ4n) is 9.31. The Morgan fingerprint density at radius 3 is 2.40 bits per heavy atom.